The molecule has 0 radical (unpaired) electrons. The lowest BCUT2D eigenvalue weighted by Gasteiger charge is -2.43. The lowest BCUT2D eigenvalue weighted by Crippen LogP contribution is -2.54. The van der Waals surface area contributed by atoms with Gasteiger partial charge in [-0.1, -0.05) is 26.2 Å². The van der Waals surface area contributed by atoms with Crippen LogP contribution in [-0.4, -0.2) is 43.0 Å². The van der Waals surface area contributed by atoms with Crippen LogP contribution in [0, 0.1) is 0 Å². The van der Waals surface area contributed by atoms with E-state index in [4.69, 9.17) is 5.73 Å². The summed E-state index contributed by atoms with van der Waals surface area (Å²) in [5.74, 6) is 0.0937. The summed E-state index contributed by atoms with van der Waals surface area (Å²) in [6.07, 6.45) is 7.52. The number of amides is 1. The van der Waals surface area contributed by atoms with Crippen molar-refractivity contribution in [2.45, 2.75) is 63.5 Å². The summed E-state index contributed by atoms with van der Waals surface area (Å²) in [7, 11) is 4.24. The Hall–Kier alpha value is -0.610. The highest BCUT2D eigenvalue weighted by molar-refractivity contribution is 5.76. The summed E-state index contributed by atoms with van der Waals surface area (Å²) in [6.45, 7) is 2.77. The van der Waals surface area contributed by atoms with E-state index >= 15 is 0 Å². The molecule has 1 aliphatic rings. The van der Waals surface area contributed by atoms with E-state index in [9.17, 15) is 4.79 Å². The first kappa shape index (κ1) is 15.4. The number of rotatable bonds is 6. The minimum atomic E-state index is -0.00772. The Balaban J connectivity index is 2.45. The zero-order valence-electron chi connectivity index (χ0n) is 12.2. The standard InChI is InChI=1S/C14H29N3O/c1-4-12(15)10-13(18)16-11-14(17(2)3)8-6-5-7-9-14/h12H,4-11,15H2,1-3H3,(H,16,18). The molecule has 3 N–H and O–H groups in total. The smallest absolute Gasteiger partial charge is 0.221 e. The van der Waals surface area contributed by atoms with Gasteiger partial charge in [0.2, 0.25) is 5.91 Å². The Morgan fingerprint density at radius 2 is 1.94 bits per heavy atom. The van der Waals surface area contributed by atoms with Crippen molar-refractivity contribution in [1.82, 2.24) is 10.2 Å². The number of carbonyl (C=O) groups excluding carboxylic acids is 1. The van der Waals surface area contributed by atoms with Crippen molar-refractivity contribution >= 4 is 5.91 Å². The molecule has 4 nitrogen and oxygen atoms in total. The maximum absolute atomic E-state index is 11.8. The van der Waals surface area contributed by atoms with Crippen molar-refractivity contribution < 1.29 is 4.79 Å². The molecule has 1 rings (SSSR count). The first-order valence-electron chi connectivity index (χ1n) is 7.20. The second-order valence-electron chi connectivity index (χ2n) is 5.83. The van der Waals surface area contributed by atoms with Gasteiger partial charge in [-0.3, -0.25) is 4.79 Å². The Kier molecular flexibility index (Phi) is 6.09. The fourth-order valence-electron chi connectivity index (χ4n) is 2.71. The van der Waals surface area contributed by atoms with Crippen LogP contribution in [0.2, 0.25) is 0 Å². The van der Waals surface area contributed by atoms with Gasteiger partial charge in [-0.05, 0) is 33.4 Å². The van der Waals surface area contributed by atoms with Gasteiger partial charge in [0.15, 0.2) is 0 Å². The van der Waals surface area contributed by atoms with Gasteiger partial charge < -0.3 is 16.0 Å². The number of nitrogens with zero attached hydrogens (tertiary/aromatic N) is 1. The Morgan fingerprint density at radius 3 is 2.44 bits per heavy atom. The van der Waals surface area contributed by atoms with Crippen molar-refractivity contribution in [3.63, 3.8) is 0 Å². The minimum Gasteiger partial charge on any atom is -0.354 e. The average Bonchev–Trinajstić information content (AvgIpc) is 2.37. The van der Waals surface area contributed by atoms with E-state index in [1.807, 2.05) is 6.92 Å². The molecule has 1 aliphatic carbocycles. The lowest BCUT2D eigenvalue weighted by atomic mass is 9.80. The summed E-state index contributed by atoms with van der Waals surface area (Å²) >= 11 is 0. The molecule has 0 aromatic rings. The molecule has 0 aromatic heterocycles. The second-order valence-corrected chi connectivity index (χ2v) is 5.83. The monoisotopic (exact) mass is 255 g/mol. The van der Waals surface area contributed by atoms with Crippen molar-refractivity contribution in [2.75, 3.05) is 20.6 Å². The average molecular weight is 255 g/mol. The van der Waals surface area contributed by atoms with E-state index in [-0.39, 0.29) is 17.5 Å². The molecule has 0 heterocycles. The normalized spacial score (nSPS) is 20.7. The fourth-order valence-corrected chi connectivity index (χ4v) is 2.71. The van der Waals surface area contributed by atoms with Gasteiger partial charge in [0.25, 0.3) is 0 Å². The molecule has 1 atom stereocenters. The Morgan fingerprint density at radius 1 is 1.33 bits per heavy atom. The number of likely N-dealkylation sites (N-methyl/N-ethyl adjacent to an activating group) is 1. The highest BCUT2D eigenvalue weighted by Crippen LogP contribution is 2.31. The zero-order chi connectivity index (χ0) is 13.6. The molecule has 1 fully saturated rings. The molecule has 0 saturated heterocycles. The molecular formula is C14H29N3O. The Labute approximate surface area is 111 Å². The van der Waals surface area contributed by atoms with Crippen LogP contribution < -0.4 is 11.1 Å². The van der Waals surface area contributed by atoms with Crippen LogP contribution in [-0.2, 0) is 4.79 Å². The van der Waals surface area contributed by atoms with Crippen LogP contribution in [0.4, 0.5) is 0 Å². The highest BCUT2D eigenvalue weighted by atomic mass is 16.1. The van der Waals surface area contributed by atoms with Crippen molar-refractivity contribution in [2.24, 2.45) is 5.73 Å². The molecule has 18 heavy (non-hydrogen) atoms. The topological polar surface area (TPSA) is 58.4 Å². The van der Waals surface area contributed by atoms with Crippen molar-refractivity contribution in [3.05, 3.63) is 0 Å². The molecule has 0 spiro atoms. The summed E-state index contributed by atoms with van der Waals surface area (Å²) in [5, 5.41) is 3.08. The van der Waals surface area contributed by atoms with Crippen molar-refractivity contribution in [1.29, 1.82) is 0 Å². The van der Waals surface area contributed by atoms with Gasteiger partial charge in [0.05, 0.1) is 0 Å². The van der Waals surface area contributed by atoms with E-state index in [1.165, 1.54) is 32.1 Å². The molecule has 0 aromatic carbocycles. The zero-order valence-corrected chi connectivity index (χ0v) is 12.2. The van der Waals surface area contributed by atoms with Crippen LogP contribution >= 0.6 is 0 Å². The summed E-state index contributed by atoms with van der Waals surface area (Å²) in [5.41, 5.74) is 5.96. The SMILES string of the molecule is CCC(N)CC(=O)NCC1(N(C)C)CCCCC1. The van der Waals surface area contributed by atoms with Crippen molar-refractivity contribution in [3.8, 4) is 0 Å². The maximum atomic E-state index is 11.8. The predicted molar refractivity (Wildman–Crippen MR) is 75.4 cm³/mol. The third kappa shape index (κ3) is 4.25. The molecule has 4 heteroatoms. The second kappa shape index (κ2) is 7.10. The molecule has 0 bridgehead atoms. The number of hydrogen-bond donors (Lipinski definition) is 2. The van der Waals surface area contributed by atoms with E-state index in [1.54, 1.807) is 0 Å². The summed E-state index contributed by atoms with van der Waals surface area (Å²) in [4.78, 5) is 14.1. The molecule has 1 unspecified atom stereocenters. The summed E-state index contributed by atoms with van der Waals surface area (Å²) < 4.78 is 0. The molecule has 106 valence electrons. The van der Waals surface area contributed by atoms with E-state index in [2.05, 4.69) is 24.3 Å². The number of hydrogen-bond acceptors (Lipinski definition) is 3. The van der Waals surface area contributed by atoms with Crippen LogP contribution in [0.1, 0.15) is 51.9 Å². The third-order valence-electron chi connectivity index (χ3n) is 4.32. The molecule has 1 saturated carbocycles. The fraction of sp³-hybridized carbons (Fsp3) is 0.929. The van der Waals surface area contributed by atoms with Crippen LogP contribution in [0.3, 0.4) is 0 Å². The molecule has 1 amide bonds. The largest absolute Gasteiger partial charge is 0.354 e. The van der Waals surface area contributed by atoms with E-state index < -0.39 is 0 Å². The van der Waals surface area contributed by atoms with E-state index in [0.29, 0.717) is 6.42 Å². The molecule has 0 aliphatic heterocycles. The Bertz CT molecular complexity index is 260. The van der Waals surface area contributed by atoms with Gasteiger partial charge in [0.1, 0.15) is 0 Å². The van der Waals surface area contributed by atoms with Gasteiger partial charge in [-0.2, -0.15) is 0 Å². The lowest BCUT2D eigenvalue weighted by molar-refractivity contribution is -0.122. The summed E-state index contributed by atoms with van der Waals surface area (Å²) in [6, 6.07) is -0.00772. The third-order valence-corrected chi connectivity index (χ3v) is 4.32. The van der Waals surface area contributed by atoms with Crippen LogP contribution in [0.25, 0.3) is 0 Å². The minimum absolute atomic E-state index is 0.00772. The number of nitrogens with two attached hydrogens (primary N) is 1. The predicted octanol–water partition coefficient (Wildman–Crippen LogP) is 1.49. The first-order chi connectivity index (χ1) is 8.50. The maximum Gasteiger partial charge on any atom is 0.221 e. The van der Waals surface area contributed by atoms with E-state index in [0.717, 1.165) is 13.0 Å². The van der Waals surface area contributed by atoms with Gasteiger partial charge in [-0.15, -0.1) is 0 Å². The van der Waals surface area contributed by atoms with Gasteiger partial charge >= 0.3 is 0 Å². The number of carbonyl (C=O) groups is 1. The number of nitrogens with one attached hydrogen (secondary N) is 1. The van der Waals surface area contributed by atoms with Gasteiger partial charge in [-0.25, -0.2) is 0 Å². The molecular weight excluding hydrogens is 226 g/mol. The van der Waals surface area contributed by atoms with Crippen LogP contribution in [0.5, 0.6) is 0 Å². The van der Waals surface area contributed by atoms with Gasteiger partial charge in [0, 0.05) is 24.5 Å². The van der Waals surface area contributed by atoms with Crippen LogP contribution in [0.15, 0.2) is 0 Å². The highest BCUT2D eigenvalue weighted by Gasteiger charge is 2.34. The first-order valence-corrected chi connectivity index (χ1v) is 7.20. The quantitative estimate of drug-likeness (QED) is 0.756.